The molecule has 1 rings (SSSR count). The first-order valence-corrected chi connectivity index (χ1v) is 6.39. The Balaban J connectivity index is 2.66. The minimum Gasteiger partial charge on any atom is -0.444 e. The normalized spacial score (nSPS) is 12.9. The van der Waals surface area contributed by atoms with Crippen LogP contribution in [0.4, 0.5) is 4.79 Å². The molecule has 19 heavy (non-hydrogen) atoms. The molecule has 1 unspecified atom stereocenters. The molecule has 5 nitrogen and oxygen atoms in total. The summed E-state index contributed by atoms with van der Waals surface area (Å²) in [6, 6.07) is 5.58. The lowest BCUT2D eigenvalue weighted by Crippen LogP contribution is -2.45. The summed E-state index contributed by atoms with van der Waals surface area (Å²) in [5, 5.41) is 0. The highest BCUT2D eigenvalue weighted by Crippen LogP contribution is 2.12. The van der Waals surface area contributed by atoms with Crippen LogP contribution in [0.25, 0.3) is 0 Å². The number of likely N-dealkylation sites (N-methyl/N-ethyl adjacent to an activating group) is 1. The third-order valence-corrected chi connectivity index (χ3v) is 2.67. The molecule has 0 aliphatic heterocycles. The van der Waals surface area contributed by atoms with E-state index in [0.29, 0.717) is 13.0 Å². The Kier molecular flexibility index (Phi) is 5.30. The molecule has 0 radical (unpaired) electrons. The Bertz CT molecular complexity index is 401. The molecule has 0 aliphatic rings. The van der Waals surface area contributed by atoms with Crippen LogP contribution in [0, 0.1) is 0 Å². The number of hydrogen-bond acceptors (Lipinski definition) is 4. The van der Waals surface area contributed by atoms with Crippen LogP contribution < -0.4 is 5.73 Å². The molecule has 5 heteroatoms. The van der Waals surface area contributed by atoms with E-state index < -0.39 is 5.60 Å². The van der Waals surface area contributed by atoms with Crippen molar-refractivity contribution < 1.29 is 9.53 Å². The van der Waals surface area contributed by atoms with Crippen molar-refractivity contribution in [2.45, 2.75) is 38.8 Å². The molecule has 1 heterocycles. The summed E-state index contributed by atoms with van der Waals surface area (Å²) in [7, 11) is 1.70. The van der Waals surface area contributed by atoms with E-state index in [2.05, 4.69) is 4.98 Å². The van der Waals surface area contributed by atoms with E-state index in [9.17, 15) is 4.79 Å². The van der Waals surface area contributed by atoms with E-state index >= 15 is 0 Å². The average molecular weight is 265 g/mol. The highest BCUT2D eigenvalue weighted by Gasteiger charge is 2.24. The summed E-state index contributed by atoms with van der Waals surface area (Å²) in [6.07, 6.45) is 1.99. The molecule has 1 aromatic heterocycles. The largest absolute Gasteiger partial charge is 0.444 e. The molecule has 0 aromatic carbocycles. The molecule has 0 saturated heterocycles. The monoisotopic (exact) mass is 265 g/mol. The van der Waals surface area contributed by atoms with E-state index in [1.165, 1.54) is 0 Å². The molecule has 0 fully saturated rings. The van der Waals surface area contributed by atoms with Crippen LogP contribution in [0.15, 0.2) is 24.4 Å². The molecule has 0 bridgehead atoms. The first-order valence-electron chi connectivity index (χ1n) is 6.39. The Labute approximate surface area is 114 Å². The van der Waals surface area contributed by atoms with Crippen LogP contribution in [0.1, 0.15) is 26.5 Å². The summed E-state index contributed by atoms with van der Waals surface area (Å²) in [5.74, 6) is 0. The predicted octanol–water partition coefficient (Wildman–Crippen LogP) is 1.82. The molecular formula is C14H23N3O2. The Morgan fingerprint density at radius 1 is 1.47 bits per heavy atom. The van der Waals surface area contributed by atoms with Gasteiger partial charge in [-0.25, -0.2) is 4.79 Å². The predicted molar refractivity (Wildman–Crippen MR) is 74.8 cm³/mol. The fraction of sp³-hybridized carbons (Fsp3) is 0.571. The lowest BCUT2D eigenvalue weighted by Gasteiger charge is -2.30. The van der Waals surface area contributed by atoms with Gasteiger partial charge in [-0.2, -0.15) is 0 Å². The van der Waals surface area contributed by atoms with Crippen molar-refractivity contribution in [3.63, 3.8) is 0 Å². The van der Waals surface area contributed by atoms with Gasteiger partial charge in [0, 0.05) is 31.9 Å². The second kappa shape index (κ2) is 6.52. The highest BCUT2D eigenvalue weighted by atomic mass is 16.6. The molecule has 1 amide bonds. The Hall–Kier alpha value is -1.62. The van der Waals surface area contributed by atoms with Gasteiger partial charge < -0.3 is 15.4 Å². The van der Waals surface area contributed by atoms with E-state index in [4.69, 9.17) is 10.5 Å². The number of pyridine rings is 1. The van der Waals surface area contributed by atoms with Crippen LogP contribution in [-0.4, -0.2) is 41.2 Å². The molecule has 0 saturated carbocycles. The van der Waals surface area contributed by atoms with Crippen LogP contribution >= 0.6 is 0 Å². The smallest absolute Gasteiger partial charge is 0.410 e. The summed E-state index contributed by atoms with van der Waals surface area (Å²) < 4.78 is 5.33. The quantitative estimate of drug-likeness (QED) is 0.901. The lowest BCUT2D eigenvalue weighted by molar-refractivity contribution is 0.0227. The van der Waals surface area contributed by atoms with E-state index in [1.807, 2.05) is 39.0 Å². The van der Waals surface area contributed by atoms with Crippen molar-refractivity contribution in [1.29, 1.82) is 0 Å². The minimum absolute atomic E-state index is 0.121. The molecule has 1 aromatic rings. The fourth-order valence-electron chi connectivity index (χ4n) is 1.62. The zero-order valence-corrected chi connectivity index (χ0v) is 12.1. The third kappa shape index (κ3) is 5.26. The molecule has 2 N–H and O–H groups in total. The number of ether oxygens (including phenoxy) is 1. The van der Waals surface area contributed by atoms with E-state index in [1.54, 1.807) is 18.1 Å². The topological polar surface area (TPSA) is 68.5 Å². The van der Waals surface area contributed by atoms with Gasteiger partial charge in [0.1, 0.15) is 5.60 Å². The standard InChI is InChI=1S/C14H23N3O2/c1-14(2,3)19-13(18)17(4)12(10-15)9-11-7-5-6-8-16-11/h5-8,12H,9-10,15H2,1-4H3. The SMILES string of the molecule is CN(C(=O)OC(C)(C)C)C(CN)Cc1ccccn1. The summed E-state index contributed by atoms with van der Waals surface area (Å²) in [4.78, 5) is 17.8. The van der Waals surface area contributed by atoms with Gasteiger partial charge >= 0.3 is 6.09 Å². The third-order valence-electron chi connectivity index (χ3n) is 2.67. The summed E-state index contributed by atoms with van der Waals surface area (Å²) in [6.45, 7) is 5.89. The average Bonchev–Trinajstić information content (AvgIpc) is 2.34. The number of rotatable bonds is 4. The number of hydrogen-bond donors (Lipinski definition) is 1. The van der Waals surface area contributed by atoms with Gasteiger partial charge in [-0.05, 0) is 32.9 Å². The van der Waals surface area contributed by atoms with Crippen molar-refractivity contribution in [2.75, 3.05) is 13.6 Å². The number of aromatic nitrogens is 1. The van der Waals surface area contributed by atoms with Crippen molar-refractivity contribution in [2.24, 2.45) is 5.73 Å². The maximum atomic E-state index is 12.0. The number of carbonyl (C=O) groups is 1. The van der Waals surface area contributed by atoms with Crippen molar-refractivity contribution in [3.8, 4) is 0 Å². The van der Waals surface area contributed by atoms with Gasteiger partial charge in [-0.15, -0.1) is 0 Å². The van der Waals surface area contributed by atoms with Crippen molar-refractivity contribution in [1.82, 2.24) is 9.88 Å². The van der Waals surface area contributed by atoms with Crippen LogP contribution in [0.3, 0.4) is 0 Å². The fourth-order valence-corrected chi connectivity index (χ4v) is 1.62. The first-order chi connectivity index (χ1) is 8.83. The molecule has 1 atom stereocenters. The molecular weight excluding hydrogens is 242 g/mol. The lowest BCUT2D eigenvalue weighted by atomic mass is 10.1. The summed E-state index contributed by atoms with van der Waals surface area (Å²) >= 11 is 0. The maximum Gasteiger partial charge on any atom is 0.410 e. The second-order valence-electron chi connectivity index (χ2n) is 5.51. The first kappa shape index (κ1) is 15.4. The van der Waals surface area contributed by atoms with Gasteiger partial charge in [0.15, 0.2) is 0 Å². The Morgan fingerprint density at radius 2 is 2.16 bits per heavy atom. The molecule has 106 valence electrons. The maximum absolute atomic E-state index is 12.0. The van der Waals surface area contributed by atoms with Crippen molar-refractivity contribution in [3.05, 3.63) is 30.1 Å². The number of nitrogens with two attached hydrogens (primary N) is 1. The zero-order chi connectivity index (χ0) is 14.5. The number of amides is 1. The van der Waals surface area contributed by atoms with Crippen molar-refractivity contribution >= 4 is 6.09 Å². The van der Waals surface area contributed by atoms with E-state index in [0.717, 1.165) is 5.69 Å². The second-order valence-corrected chi connectivity index (χ2v) is 5.51. The zero-order valence-electron chi connectivity index (χ0n) is 12.1. The van der Waals surface area contributed by atoms with Gasteiger partial charge in [-0.1, -0.05) is 6.07 Å². The highest BCUT2D eigenvalue weighted by molar-refractivity contribution is 5.68. The molecule has 0 aliphatic carbocycles. The van der Waals surface area contributed by atoms with Gasteiger partial charge in [0.25, 0.3) is 0 Å². The van der Waals surface area contributed by atoms with Crippen LogP contribution in [-0.2, 0) is 11.2 Å². The van der Waals surface area contributed by atoms with Crippen LogP contribution in [0.5, 0.6) is 0 Å². The van der Waals surface area contributed by atoms with Gasteiger partial charge in [0.05, 0.1) is 6.04 Å². The number of carbonyl (C=O) groups excluding carboxylic acids is 1. The minimum atomic E-state index is -0.504. The summed E-state index contributed by atoms with van der Waals surface area (Å²) in [5.41, 5.74) is 6.15. The number of nitrogens with zero attached hydrogens (tertiary/aromatic N) is 2. The Morgan fingerprint density at radius 3 is 2.63 bits per heavy atom. The van der Waals surface area contributed by atoms with Gasteiger partial charge in [0.2, 0.25) is 0 Å². The van der Waals surface area contributed by atoms with Gasteiger partial charge in [-0.3, -0.25) is 4.98 Å². The van der Waals surface area contributed by atoms with Crippen LogP contribution in [0.2, 0.25) is 0 Å². The van der Waals surface area contributed by atoms with E-state index in [-0.39, 0.29) is 12.1 Å². The molecule has 0 spiro atoms.